The van der Waals surface area contributed by atoms with E-state index < -0.39 is 10.0 Å². The molecule has 0 saturated carbocycles. The molecule has 3 aromatic carbocycles. The van der Waals surface area contributed by atoms with Crippen LogP contribution in [-0.2, 0) is 10.0 Å². The number of para-hydroxylation sites is 1. The van der Waals surface area contributed by atoms with Gasteiger partial charge in [0.2, 0.25) is 0 Å². The molecule has 2 aliphatic rings. The summed E-state index contributed by atoms with van der Waals surface area (Å²) in [6.45, 7) is 2.11. The summed E-state index contributed by atoms with van der Waals surface area (Å²) >= 11 is 0. The van der Waals surface area contributed by atoms with E-state index >= 15 is 0 Å². The van der Waals surface area contributed by atoms with Crippen molar-refractivity contribution in [2.45, 2.75) is 30.2 Å². The van der Waals surface area contributed by atoms with Gasteiger partial charge in [0.05, 0.1) is 10.9 Å². The van der Waals surface area contributed by atoms with Crippen molar-refractivity contribution in [2.24, 2.45) is 5.92 Å². The summed E-state index contributed by atoms with van der Waals surface area (Å²) in [4.78, 5) is 0.292. The molecule has 2 N–H and O–H groups in total. The van der Waals surface area contributed by atoms with E-state index in [1.807, 2.05) is 30.3 Å². The molecule has 30 heavy (non-hydrogen) atoms. The van der Waals surface area contributed by atoms with Gasteiger partial charge in [0, 0.05) is 17.3 Å². The van der Waals surface area contributed by atoms with Gasteiger partial charge in [-0.05, 0) is 60.7 Å². The Kier molecular flexibility index (Phi) is 4.63. The molecule has 1 heterocycles. The summed E-state index contributed by atoms with van der Waals surface area (Å²) in [5.41, 5.74) is 5.14. The molecule has 0 bridgehead atoms. The van der Waals surface area contributed by atoms with Crippen LogP contribution in [0.4, 0.5) is 11.4 Å². The summed E-state index contributed by atoms with van der Waals surface area (Å²) in [5.74, 6) is 0.581. The van der Waals surface area contributed by atoms with Crippen molar-refractivity contribution in [1.29, 1.82) is 0 Å². The first-order chi connectivity index (χ1) is 14.5. The van der Waals surface area contributed by atoms with Crippen molar-refractivity contribution in [1.82, 2.24) is 0 Å². The molecule has 0 unspecified atom stereocenters. The highest BCUT2D eigenvalue weighted by Gasteiger charge is 2.38. The van der Waals surface area contributed by atoms with Crippen LogP contribution in [0.15, 0.2) is 89.8 Å². The Hall–Kier alpha value is -3.05. The minimum absolute atomic E-state index is 0.207. The second-order valence-corrected chi connectivity index (χ2v) is 9.79. The summed E-state index contributed by atoms with van der Waals surface area (Å²) in [5, 5.41) is 3.69. The first-order valence-electron chi connectivity index (χ1n) is 10.2. The number of hydrogen-bond donors (Lipinski definition) is 2. The predicted molar refractivity (Wildman–Crippen MR) is 121 cm³/mol. The Morgan fingerprint density at radius 2 is 1.80 bits per heavy atom. The van der Waals surface area contributed by atoms with E-state index in [2.05, 4.69) is 53.4 Å². The number of allylic oxidation sites excluding steroid dienone is 2. The summed E-state index contributed by atoms with van der Waals surface area (Å²) < 4.78 is 28.6. The smallest absolute Gasteiger partial charge is 0.261 e. The van der Waals surface area contributed by atoms with Crippen LogP contribution in [-0.4, -0.2) is 8.42 Å². The summed E-state index contributed by atoms with van der Waals surface area (Å²) in [6.07, 6.45) is 5.43. The SMILES string of the molecule is Cc1cccc([C@@H]2Nc3ccc(S(=O)(=O)Nc4ccccc4)cc3[C@H]3C=CC[C@H]32)c1. The Labute approximate surface area is 177 Å². The van der Waals surface area contributed by atoms with Crippen LogP contribution < -0.4 is 10.0 Å². The van der Waals surface area contributed by atoms with Gasteiger partial charge in [-0.25, -0.2) is 8.42 Å². The lowest BCUT2D eigenvalue weighted by Gasteiger charge is -2.37. The number of sulfonamides is 1. The zero-order valence-electron chi connectivity index (χ0n) is 16.7. The zero-order chi connectivity index (χ0) is 20.7. The summed E-state index contributed by atoms with van der Waals surface area (Å²) in [6, 6.07) is 23.2. The van der Waals surface area contributed by atoms with Gasteiger partial charge in [-0.3, -0.25) is 4.72 Å². The molecule has 0 amide bonds. The molecule has 5 rings (SSSR count). The van der Waals surface area contributed by atoms with Crippen molar-refractivity contribution < 1.29 is 8.42 Å². The summed E-state index contributed by atoms with van der Waals surface area (Å²) in [7, 11) is -3.65. The van der Waals surface area contributed by atoms with E-state index in [9.17, 15) is 8.42 Å². The highest BCUT2D eigenvalue weighted by Crippen LogP contribution is 2.50. The molecule has 4 nitrogen and oxygen atoms in total. The molecule has 0 saturated heterocycles. The van der Waals surface area contributed by atoms with E-state index in [1.165, 1.54) is 11.1 Å². The zero-order valence-corrected chi connectivity index (χ0v) is 17.6. The van der Waals surface area contributed by atoms with E-state index in [0.717, 1.165) is 17.7 Å². The number of rotatable bonds is 4. The van der Waals surface area contributed by atoms with Crippen molar-refractivity contribution in [3.8, 4) is 0 Å². The van der Waals surface area contributed by atoms with Crippen LogP contribution >= 0.6 is 0 Å². The third kappa shape index (κ3) is 3.39. The fourth-order valence-corrected chi connectivity index (χ4v) is 5.75. The van der Waals surface area contributed by atoms with Gasteiger partial charge in [-0.1, -0.05) is 60.2 Å². The maximum absolute atomic E-state index is 13.0. The van der Waals surface area contributed by atoms with Crippen molar-refractivity contribution in [3.05, 3.63) is 102 Å². The number of aryl methyl sites for hydroxylation is 1. The van der Waals surface area contributed by atoms with Crippen LogP contribution in [0.2, 0.25) is 0 Å². The van der Waals surface area contributed by atoms with Crippen LogP contribution in [0.25, 0.3) is 0 Å². The minimum atomic E-state index is -3.65. The highest BCUT2D eigenvalue weighted by atomic mass is 32.2. The molecule has 0 fully saturated rings. The standard InChI is InChI=1S/C25H24N2O2S/c1-17-7-5-8-18(15-17)25-22-12-6-11-21(22)23-16-20(13-14-24(23)26-25)30(28,29)27-19-9-3-2-4-10-19/h2-11,13-16,21-22,25-27H,12H2,1H3/t21-,22+,25-/m0/s1. The monoisotopic (exact) mass is 416 g/mol. The van der Waals surface area contributed by atoms with Crippen molar-refractivity contribution >= 4 is 21.4 Å². The van der Waals surface area contributed by atoms with Gasteiger partial charge in [-0.15, -0.1) is 0 Å². The Balaban J connectivity index is 1.50. The Morgan fingerprint density at radius 3 is 2.60 bits per heavy atom. The number of hydrogen-bond acceptors (Lipinski definition) is 3. The average Bonchev–Trinajstić information content (AvgIpc) is 3.23. The van der Waals surface area contributed by atoms with Crippen LogP contribution in [0.5, 0.6) is 0 Å². The molecule has 3 aromatic rings. The van der Waals surface area contributed by atoms with Crippen LogP contribution in [0.3, 0.4) is 0 Å². The Morgan fingerprint density at radius 1 is 0.967 bits per heavy atom. The van der Waals surface area contributed by atoms with Crippen LogP contribution in [0.1, 0.15) is 35.1 Å². The molecule has 1 aliphatic heterocycles. The lowest BCUT2D eigenvalue weighted by Crippen LogP contribution is -2.29. The normalized spacial score (nSPS) is 22.1. The maximum atomic E-state index is 13.0. The van der Waals surface area contributed by atoms with Crippen molar-refractivity contribution in [2.75, 3.05) is 10.0 Å². The molecular weight excluding hydrogens is 392 g/mol. The second-order valence-electron chi connectivity index (χ2n) is 8.11. The molecule has 5 heteroatoms. The molecule has 0 spiro atoms. The number of anilines is 2. The third-order valence-corrected chi connectivity index (χ3v) is 7.45. The largest absolute Gasteiger partial charge is 0.378 e. The number of fused-ring (bicyclic) bond motifs is 3. The molecule has 152 valence electrons. The fourth-order valence-electron chi connectivity index (χ4n) is 4.65. The van der Waals surface area contributed by atoms with Gasteiger partial charge in [0.15, 0.2) is 0 Å². The average molecular weight is 417 g/mol. The van der Waals surface area contributed by atoms with Gasteiger partial charge in [-0.2, -0.15) is 0 Å². The fraction of sp³-hybridized carbons (Fsp3) is 0.200. The van der Waals surface area contributed by atoms with E-state index in [4.69, 9.17) is 0 Å². The molecule has 1 aliphatic carbocycles. The predicted octanol–water partition coefficient (Wildman–Crippen LogP) is 5.62. The molecule has 3 atom stereocenters. The molecular formula is C25H24N2O2S. The van der Waals surface area contributed by atoms with Gasteiger partial charge >= 0.3 is 0 Å². The third-order valence-electron chi connectivity index (χ3n) is 6.07. The minimum Gasteiger partial charge on any atom is -0.378 e. The van der Waals surface area contributed by atoms with Gasteiger partial charge in [0.1, 0.15) is 0 Å². The molecule has 0 radical (unpaired) electrons. The van der Waals surface area contributed by atoms with Crippen LogP contribution in [0, 0.1) is 12.8 Å². The number of benzene rings is 3. The lowest BCUT2D eigenvalue weighted by atomic mass is 9.77. The number of nitrogens with one attached hydrogen (secondary N) is 2. The van der Waals surface area contributed by atoms with E-state index in [-0.39, 0.29) is 12.0 Å². The maximum Gasteiger partial charge on any atom is 0.261 e. The van der Waals surface area contributed by atoms with Crippen molar-refractivity contribution in [3.63, 3.8) is 0 Å². The quantitative estimate of drug-likeness (QED) is 0.543. The first kappa shape index (κ1) is 18.9. The second kappa shape index (κ2) is 7.33. The topological polar surface area (TPSA) is 58.2 Å². The van der Waals surface area contributed by atoms with E-state index in [0.29, 0.717) is 16.5 Å². The lowest BCUT2D eigenvalue weighted by molar-refractivity contribution is 0.425. The van der Waals surface area contributed by atoms with Gasteiger partial charge < -0.3 is 5.32 Å². The van der Waals surface area contributed by atoms with Gasteiger partial charge in [0.25, 0.3) is 10.0 Å². The van der Waals surface area contributed by atoms with E-state index in [1.54, 1.807) is 18.2 Å². The first-order valence-corrected chi connectivity index (χ1v) is 11.7. The highest BCUT2D eigenvalue weighted by molar-refractivity contribution is 7.92. The molecule has 0 aromatic heterocycles. The Bertz CT molecular complexity index is 1220.